The molecular weight excluding hydrogens is 394 g/mol. The van der Waals surface area contributed by atoms with Gasteiger partial charge < -0.3 is 19.4 Å². The first-order chi connectivity index (χ1) is 15.0. The SMILES string of the molecule is CCNC(=O)C1CCCN(CC(=O)c2cc(C)n(-c3ccc4c(c3)OCCO4)c2C)C1. The molecule has 7 nitrogen and oxygen atoms in total. The summed E-state index contributed by atoms with van der Waals surface area (Å²) < 4.78 is 13.4. The predicted molar refractivity (Wildman–Crippen MR) is 118 cm³/mol. The van der Waals surface area contributed by atoms with Crippen molar-refractivity contribution in [1.29, 1.82) is 0 Å². The van der Waals surface area contributed by atoms with Gasteiger partial charge in [0.25, 0.3) is 0 Å². The van der Waals surface area contributed by atoms with Crippen LogP contribution in [0.3, 0.4) is 0 Å². The highest BCUT2D eigenvalue weighted by molar-refractivity contribution is 5.99. The number of hydrogen-bond donors (Lipinski definition) is 1. The number of hydrogen-bond acceptors (Lipinski definition) is 5. The molecule has 166 valence electrons. The number of piperidine rings is 1. The number of rotatable bonds is 6. The van der Waals surface area contributed by atoms with Gasteiger partial charge in [0.05, 0.1) is 12.5 Å². The van der Waals surface area contributed by atoms with E-state index in [2.05, 4.69) is 14.8 Å². The van der Waals surface area contributed by atoms with Crippen LogP contribution >= 0.6 is 0 Å². The van der Waals surface area contributed by atoms with Crippen molar-refractivity contribution in [3.05, 3.63) is 41.2 Å². The zero-order valence-electron chi connectivity index (χ0n) is 18.6. The summed E-state index contributed by atoms with van der Waals surface area (Å²) in [4.78, 5) is 27.5. The lowest BCUT2D eigenvalue weighted by molar-refractivity contribution is -0.126. The molecule has 4 rings (SSSR count). The normalized spacial score (nSPS) is 18.6. The van der Waals surface area contributed by atoms with Gasteiger partial charge in [-0.25, -0.2) is 0 Å². The van der Waals surface area contributed by atoms with E-state index < -0.39 is 0 Å². The van der Waals surface area contributed by atoms with Crippen LogP contribution in [0, 0.1) is 19.8 Å². The Bertz CT molecular complexity index is 981. The summed E-state index contributed by atoms with van der Waals surface area (Å²) in [5, 5.41) is 2.91. The second kappa shape index (κ2) is 9.14. The summed E-state index contributed by atoms with van der Waals surface area (Å²) in [5.74, 6) is 1.63. The summed E-state index contributed by atoms with van der Waals surface area (Å²) in [6.07, 6.45) is 1.82. The molecule has 0 spiro atoms. The van der Waals surface area contributed by atoms with Gasteiger partial charge in [-0.05, 0) is 58.4 Å². The first kappa shape index (κ1) is 21.4. The summed E-state index contributed by atoms with van der Waals surface area (Å²) in [6.45, 7) is 9.47. The Balaban J connectivity index is 1.50. The monoisotopic (exact) mass is 425 g/mol. The number of carbonyl (C=O) groups is 2. The third kappa shape index (κ3) is 4.46. The van der Waals surface area contributed by atoms with Crippen molar-refractivity contribution >= 4 is 11.7 Å². The highest BCUT2D eigenvalue weighted by Crippen LogP contribution is 2.33. The number of likely N-dealkylation sites (tertiary alicyclic amines) is 1. The Morgan fingerprint density at radius 3 is 2.68 bits per heavy atom. The van der Waals surface area contributed by atoms with E-state index in [9.17, 15) is 9.59 Å². The lowest BCUT2D eigenvalue weighted by Gasteiger charge is -2.31. The number of fused-ring (bicyclic) bond motifs is 1. The smallest absolute Gasteiger partial charge is 0.224 e. The van der Waals surface area contributed by atoms with Crippen LogP contribution in [-0.2, 0) is 4.79 Å². The Morgan fingerprint density at radius 1 is 1.13 bits per heavy atom. The number of carbonyl (C=O) groups excluding carboxylic acids is 2. The molecule has 1 saturated heterocycles. The van der Waals surface area contributed by atoms with Crippen molar-refractivity contribution in [3.63, 3.8) is 0 Å². The molecule has 3 heterocycles. The lowest BCUT2D eigenvalue weighted by Crippen LogP contribution is -2.44. The Labute approximate surface area is 183 Å². The first-order valence-corrected chi connectivity index (χ1v) is 11.1. The van der Waals surface area contributed by atoms with Gasteiger partial charge in [-0.1, -0.05) is 0 Å². The summed E-state index contributed by atoms with van der Waals surface area (Å²) in [5.41, 5.74) is 3.59. The van der Waals surface area contributed by atoms with Gasteiger partial charge in [-0.15, -0.1) is 0 Å². The molecule has 1 unspecified atom stereocenters. The zero-order chi connectivity index (χ0) is 22.0. The second-order valence-electron chi connectivity index (χ2n) is 8.34. The van der Waals surface area contributed by atoms with E-state index in [-0.39, 0.29) is 17.6 Å². The van der Waals surface area contributed by atoms with Crippen LogP contribution in [0.1, 0.15) is 41.5 Å². The summed E-state index contributed by atoms with van der Waals surface area (Å²) in [6, 6.07) is 7.83. The second-order valence-corrected chi connectivity index (χ2v) is 8.34. The molecule has 0 bridgehead atoms. The molecule has 2 aliphatic rings. The van der Waals surface area contributed by atoms with Crippen LogP contribution in [0.4, 0.5) is 0 Å². The van der Waals surface area contributed by atoms with Crippen LogP contribution in [0.5, 0.6) is 11.5 Å². The maximum atomic E-state index is 13.2. The molecule has 1 amide bonds. The Morgan fingerprint density at radius 2 is 1.90 bits per heavy atom. The largest absolute Gasteiger partial charge is 0.486 e. The van der Waals surface area contributed by atoms with E-state index in [1.807, 2.05) is 45.0 Å². The third-order valence-electron chi connectivity index (χ3n) is 6.11. The minimum absolute atomic E-state index is 0.0355. The number of benzene rings is 1. The number of Topliss-reactive ketones (excluding diaryl/α,β-unsaturated/α-hetero) is 1. The molecule has 31 heavy (non-hydrogen) atoms. The number of nitrogens with one attached hydrogen (secondary N) is 1. The molecular formula is C24H31N3O4. The first-order valence-electron chi connectivity index (χ1n) is 11.1. The maximum absolute atomic E-state index is 13.2. The quantitative estimate of drug-likeness (QED) is 0.721. The van der Waals surface area contributed by atoms with E-state index in [1.54, 1.807) is 0 Å². The van der Waals surface area contributed by atoms with E-state index in [4.69, 9.17) is 9.47 Å². The number of amides is 1. The third-order valence-corrected chi connectivity index (χ3v) is 6.11. The number of ketones is 1. The predicted octanol–water partition coefficient (Wildman–Crippen LogP) is 2.90. The van der Waals surface area contributed by atoms with Crippen molar-refractivity contribution in [2.45, 2.75) is 33.6 Å². The fraction of sp³-hybridized carbons (Fsp3) is 0.500. The molecule has 1 atom stereocenters. The number of aromatic nitrogens is 1. The highest BCUT2D eigenvalue weighted by Gasteiger charge is 2.27. The van der Waals surface area contributed by atoms with Crippen LogP contribution < -0.4 is 14.8 Å². The minimum atomic E-state index is -0.0355. The van der Waals surface area contributed by atoms with Crippen molar-refractivity contribution in [1.82, 2.24) is 14.8 Å². The summed E-state index contributed by atoms with van der Waals surface area (Å²) in [7, 11) is 0. The average molecular weight is 426 g/mol. The molecule has 0 saturated carbocycles. The molecule has 0 radical (unpaired) electrons. The molecule has 7 heteroatoms. The molecule has 2 aromatic rings. The molecule has 1 fully saturated rings. The van der Waals surface area contributed by atoms with Crippen molar-refractivity contribution in [3.8, 4) is 17.2 Å². The molecule has 1 aromatic carbocycles. The van der Waals surface area contributed by atoms with Crippen molar-refractivity contribution in [2.75, 3.05) is 39.4 Å². The van der Waals surface area contributed by atoms with Gasteiger partial charge in [0.2, 0.25) is 5.91 Å². The van der Waals surface area contributed by atoms with Gasteiger partial charge in [0, 0.05) is 41.8 Å². The summed E-state index contributed by atoms with van der Waals surface area (Å²) >= 11 is 0. The van der Waals surface area contributed by atoms with Gasteiger partial charge in [-0.2, -0.15) is 0 Å². The van der Waals surface area contributed by atoms with E-state index in [0.29, 0.717) is 32.8 Å². The van der Waals surface area contributed by atoms with Crippen LogP contribution in [0.25, 0.3) is 5.69 Å². The standard InChI is InChI=1S/C24H31N3O4/c1-4-25-24(29)18-6-5-9-26(14-18)15-21(28)20-12-16(2)27(17(20)3)19-7-8-22-23(13-19)31-11-10-30-22/h7-8,12-13,18H,4-6,9-11,14-15H2,1-3H3,(H,25,29). The highest BCUT2D eigenvalue weighted by atomic mass is 16.6. The van der Waals surface area contributed by atoms with E-state index in [0.717, 1.165) is 53.5 Å². The van der Waals surface area contributed by atoms with Crippen LogP contribution in [-0.4, -0.2) is 60.6 Å². The minimum Gasteiger partial charge on any atom is -0.486 e. The Hall–Kier alpha value is -2.80. The molecule has 2 aliphatic heterocycles. The van der Waals surface area contributed by atoms with Crippen LogP contribution in [0.15, 0.2) is 24.3 Å². The lowest BCUT2D eigenvalue weighted by atomic mass is 9.96. The fourth-order valence-electron chi connectivity index (χ4n) is 4.63. The van der Waals surface area contributed by atoms with E-state index >= 15 is 0 Å². The zero-order valence-corrected chi connectivity index (χ0v) is 18.6. The van der Waals surface area contributed by atoms with Crippen LogP contribution in [0.2, 0.25) is 0 Å². The molecule has 1 N–H and O–H groups in total. The molecule has 0 aliphatic carbocycles. The van der Waals surface area contributed by atoms with Crippen molar-refractivity contribution < 1.29 is 19.1 Å². The van der Waals surface area contributed by atoms with Crippen molar-refractivity contribution in [2.24, 2.45) is 5.92 Å². The number of nitrogens with zero attached hydrogens (tertiary/aromatic N) is 2. The van der Waals surface area contributed by atoms with Gasteiger partial charge in [0.1, 0.15) is 13.2 Å². The average Bonchev–Trinajstić information content (AvgIpc) is 3.07. The Kier molecular flexibility index (Phi) is 6.32. The number of aryl methyl sites for hydroxylation is 1. The maximum Gasteiger partial charge on any atom is 0.224 e. The molecule has 1 aromatic heterocycles. The van der Waals surface area contributed by atoms with E-state index in [1.165, 1.54) is 0 Å². The van der Waals surface area contributed by atoms with Gasteiger partial charge in [-0.3, -0.25) is 14.5 Å². The fourth-order valence-corrected chi connectivity index (χ4v) is 4.63. The van der Waals surface area contributed by atoms with Gasteiger partial charge >= 0.3 is 0 Å². The van der Waals surface area contributed by atoms with Gasteiger partial charge in [0.15, 0.2) is 17.3 Å². The number of ether oxygens (including phenoxy) is 2. The topological polar surface area (TPSA) is 72.8 Å².